The Balaban J connectivity index is 2.37. The lowest BCUT2D eigenvalue weighted by molar-refractivity contribution is 0.284. The first-order chi connectivity index (χ1) is 8.43. The van der Waals surface area contributed by atoms with Gasteiger partial charge in [0.25, 0.3) is 0 Å². The molecule has 1 atom stereocenters. The lowest BCUT2D eigenvalue weighted by Gasteiger charge is -2.32. The molecular weight excluding hydrogens is 316 g/mol. The maximum atomic E-state index is 12.5. The van der Waals surface area contributed by atoms with E-state index in [1.807, 2.05) is 13.8 Å². The van der Waals surface area contributed by atoms with Crippen LogP contribution < -0.4 is 5.32 Å². The van der Waals surface area contributed by atoms with Crippen molar-refractivity contribution >= 4 is 26.0 Å². The SMILES string of the molecule is Cc1cc(S(=O)(=O)N2CCNC[C@@H]2C)ccc1Br. The zero-order valence-corrected chi connectivity index (χ0v) is 12.9. The van der Waals surface area contributed by atoms with Crippen molar-refractivity contribution in [1.29, 1.82) is 0 Å². The first kappa shape index (κ1) is 14.0. The van der Waals surface area contributed by atoms with Crippen LogP contribution in [0.1, 0.15) is 12.5 Å². The standard InChI is InChI=1S/C12H17BrN2O2S/c1-9-7-11(3-4-12(9)13)18(16,17)15-6-5-14-8-10(15)2/h3-4,7,10,14H,5-6,8H2,1-2H3/t10-/m0/s1. The van der Waals surface area contributed by atoms with E-state index in [1.54, 1.807) is 22.5 Å². The number of nitrogens with one attached hydrogen (secondary N) is 1. The fraction of sp³-hybridized carbons (Fsp3) is 0.500. The van der Waals surface area contributed by atoms with Gasteiger partial charge in [-0.25, -0.2) is 8.42 Å². The van der Waals surface area contributed by atoms with E-state index < -0.39 is 10.0 Å². The molecule has 1 heterocycles. The number of aryl methyl sites for hydroxylation is 1. The molecule has 2 rings (SSSR count). The van der Waals surface area contributed by atoms with Gasteiger partial charge in [-0.1, -0.05) is 15.9 Å². The Kier molecular flexibility index (Phi) is 4.11. The number of halogens is 1. The number of piperazine rings is 1. The van der Waals surface area contributed by atoms with Crippen molar-refractivity contribution in [3.63, 3.8) is 0 Å². The summed E-state index contributed by atoms with van der Waals surface area (Å²) in [5, 5.41) is 3.19. The lowest BCUT2D eigenvalue weighted by atomic mass is 10.2. The van der Waals surface area contributed by atoms with Crippen LogP contribution in [0.15, 0.2) is 27.6 Å². The highest BCUT2D eigenvalue weighted by molar-refractivity contribution is 9.10. The van der Waals surface area contributed by atoms with Gasteiger partial charge < -0.3 is 5.32 Å². The van der Waals surface area contributed by atoms with Crippen LogP contribution in [0.3, 0.4) is 0 Å². The molecule has 0 saturated carbocycles. The molecule has 4 nitrogen and oxygen atoms in total. The van der Waals surface area contributed by atoms with Crippen molar-refractivity contribution in [3.05, 3.63) is 28.2 Å². The van der Waals surface area contributed by atoms with Crippen LogP contribution >= 0.6 is 15.9 Å². The second kappa shape index (κ2) is 5.28. The van der Waals surface area contributed by atoms with Gasteiger partial charge in [0.1, 0.15) is 0 Å². The second-order valence-corrected chi connectivity index (χ2v) is 7.32. The van der Waals surface area contributed by atoms with Gasteiger partial charge in [0, 0.05) is 30.1 Å². The predicted molar refractivity (Wildman–Crippen MR) is 75.1 cm³/mol. The van der Waals surface area contributed by atoms with Gasteiger partial charge in [-0.3, -0.25) is 0 Å². The molecule has 1 saturated heterocycles. The number of nitrogens with zero attached hydrogens (tertiary/aromatic N) is 1. The summed E-state index contributed by atoms with van der Waals surface area (Å²) in [6.45, 7) is 5.76. The molecule has 0 bridgehead atoms. The average molecular weight is 333 g/mol. The molecule has 1 aliphatic heterocycles. The predicted octanol–water partition coefficient (Wildman–Crippen LogP) is 1.74. The van der Waals surface area contributed by atoms with Crippen molar-refractivity contribution in [2.24, 2.45) is 0 Å². The smallest absolute Gasteiger partial charge is 0.243 e. The van der Waals surface area contributed by atoms with Gasteiger partial charge in [-0.05, 0) is 37.6 Å². The molecule has 1 fully saturated rings. The van der Waals surface area contributed by atoms with E-state index in [0.717, 1.165) is 10.0 Å². The summed E-state index contributed by atoms with van der Waals surface area (Å²) in [7, 11) is -3.38. The van der Waals surface area contributed by atoms with E-state index in [1.165, 1.54) is 0 Å². The molecule has 1 aliphatic rings. The summed E-state index contributed by atoms with van der Waals surface area (Å²) >= 11 is 3.39. The number of benzene rings is 1. The van der Waals surface area contributed by atoms with Crippen molar-refractivity contribution in [1.82, 2.24) is 9.62 Å². The summed E-state index contributed by atoms with van der Waals surface area (Å²) in [6.07, 6.45) is 0. The van der Waals surface area contributed by atoms with Crippen LogP contribution in [-0.4, -0.2) is 38.4 Å². The molecule has 6 heteroatoms. The molecule has 0 radical (unpaired) electrons. The van der Waals surface area contributed by atoms with Crippen LogP contribution in [0, 0.1) is 6.92 Å². The summed E-state index contributed by atoms with van der Waals surface area (Å²) < 4.78 is 27.6. The Hall–Kier alpha value is -0.430. The largest absolute Gasteiger partial charge is 0.314 e. The van der Waals surface area contributed by atoms with Crippen molar-refractivity contribution in [3.8, 4) is 0 Å². The van der Waals surface area contributed by atoms with Crippen molar-refractivity contribution in [2.45, 2.75) is 24.8 Å². The highest BCUT2D eigenvalue weighted by Crippen LogP contribution is 2.24. The summed E-state index contributed by atoms with van der Waals surface area (Å²) in [5.41, 5.74) is 0.930. The minimum absolute atomic E-state index is 0.00676. The molecule has 0 unspecified atom stereocenters. The second-order valence-electron chi connectivity index (χ2n) is 4.58. The minimum atomic E-state index is -3.38. The molecule has 0 aromatic heterocycles. The van der Waals surface area contributed by atoms with Crippen molar-refractivity contribution < 1.29 is 8.42 Å². The van der Waals surface area contributed by atoms with Gasteiger partial charge in [-0.15, -0.1) is 0 Å². The number of sulfonamides is 1. The van der Waals surface area contributed by atoms with Crippen LogP contribution in [0.5, 0.6) is 0 Å². The molecule has 0 spiro atoms. The van der Waals surface area contributed by atoms with E-state index in [4.69, 9.17) is 0 Å². The molecule has 0 amide bonds. The van der Waals surface area contributed by atoms with Crippen LogP contribution in [0.2, 0.25) is 0 Å². The topological polar surface area (TPSA) is 49.4 Å². The minimum Gasteiger partial charge on any atom is -0.314 e. The summed E-state index contributed by atoms with van der Waals surface area (Å²) in [6, 6.07) is 5.15. The molecule has 1 aromatic rings. The maximum absolute atomic E-state index is 12.5. The van der Waals surface area contributed by atoms with Crippen LogP contribution in [-0.2, 0) is 10.0 Å². The van der Waals surface area contributed by atoms with E-state index in [2.05, 4.69) is 21.2 Å². The Labute approximate surface area is 117 Å². The summed E-state index contributed by atoms with van der Waals surface area (Å²) in [5.74, 6) is 0. The zero-order chi connectivity index (χ0) is 13.3. The van der Waals surface area contributed by atoms with E-state index in [9.17, 15) is 8.42 Å². The third-order valence-corrected chi connectivity index (χ3v) is 6.08. The van der Waals surface area contributed by atoms with Crippen molar-refractivity contribution in [2.75, 3.05) is 19.6 Å². The van der Waals surface area contributed by atoms with E-state index in [0.29, 0.717) is 24.5 Å². The molecule has 1 aromatic carbocycles. The van der Waals surface area contributed by atoms with Gasteiger partial charge in [-0.2, -0.15) is 4.31 Å². The Morgan fingerprint density at radius 2 is 2.17 bits per heavy atom. The first-order valence-corrected chi connectivity index (χ1v) is 8.15. The quantitative estimate of drug-likeness (QED) is 0.897. The van der Waals surface area contributed by atoms with Crippen LogP contribution in [0.4, 0.5) is 0 Å². The number of hydrogen-bond acceptors (Lipinski definition) is 3. The maximum Gasteiger partial charge on any atom is 0.243 e. The Bertz CT molecular complexity index is 545. The van der Waals surface area contributed by atoms with E-state index >= 15 is 0 Å². The highest BCUT2D eigenvalue weighted by atomic mass is 79.9. The zero-order valence-electron chi connectivity index (χ0n) is 10.5. The number of rotatable bonds is 2. The van der Waals surface area contributed by atoms with Gasteiger partial charge >= 0.3 is 0 Å². The molecule has 0 aliphatic carbocycles. The van der Waals surface area contributed by atoms with E-state index in [-0.39, 0.29) is 6.04 Å². The average Bonchev–Trinajstić information content (AvgIpc) is 2.33. The van der Waals surface area contributed by atoms with Gasteiger partial charge in [0.05, 0.1) is 4.90 Å². The molecule has 18 heavy (non-hydrogen) atoms. The molecule has 100 valence electrons. The van der Waals surface area contributed by atoms with Gasteiger partial charge in [0.15, 0.2) is 0 Å². The Morgan fingerprint density at radius 1 is 1.44 bits per heavy atom. The molecular formula is C12H17BrN2O2S. The van der Waals surface area contributed by atoms with Crippen LogP contribution in [0.25, 0.3) is 0 Å². The first-order valence-electron chi connectivity index (χ1n) is 5.91. The lowest BCUT2D eigenvalue weighted by Crippen LogP contribution is -2.52. The monoisotopic (exact) mass is 332 g/mol. The third-order valence-electron chi connectivity index (χ3n) is 3.18. The summed E-state index contributed by atoms with van der Waals surface area (Å²) in [4.78, 5) is 0.372. The highest BCUT2D eigenvalue weighted by Gasteiger charge is 2.30. The third kappa shape index (κ3) is 2.61. The fourth-order valence-corrected chi connectivity index (χ4v) is 4.06. The Morgan fingerprint density at radius 3 is 2.78 bits per heavy atom. The normalized spacial score (nSPS) is 22.1. The van der Waals surface area contributed by atoms with Gasteiger partial charge in [0.2, 0.25) is 10.0 Å². The number of hydrogen-bond donors (Lipinski definition) is 1. The fourth-order valence-electron chi connectivity index (χ4n) is 2.09. The molecule has 1 N–H and O–H groups in total.